The van der Waals surface area contributed by atoms with Crippen LogP contribution in [-0.2, 0) is 0 Å². The zero-order valence-electron chi connectivity index (χ0n) is 12.6. The number of hydrogen-bond acceptors (Lipinski definition) is 6. The Morgan fingerprint density at radius 3 is 2.43 bits per heavy atom. The van der Waals surface area contributed by atoms with E-state index >= 15 is 0 Å². The van der Waals surface area contributed by atoms with E-state index in [0.717, 1.165) is 5.56 Å². The van der Waals surface area contributed by atoms with Crippen molar-refractivity contribution >= 4 is 5.82 Å². The highest BCUT2D eigenvalue weighted by Crippen LogP contribution is 2.27. The molecule has 0 fully saturated rings. The standard InChI is InChI=1S/C16H14N6O/c1-9-14(23)10(2)22(21-9)16-19-13(11-6-4-3-5-7-11)12(8-17)15(18)20-16/h3-7,23H,1-2H3,(H2,18,19,20). The van der Waals surface area contributed by atoms with Gasteiger partial charge in [-0.2, -0.15) is 20.0 Å². The van der Waals surface area contributed by atoms with Crippen molar-refractivity contribution in [2.75, 3.05) is 5.73 Å². The van der Waals surface area contributed by atoms with Gasteiger partial charge in [-0.1, -0.05) is 30.3 Å². The summed E-state index contributed by atoms with van der Waals surface area (Å²) >= 11 is 0. The molecule has 7 nitrogen and oxygen atoms in total. The van der Waals surface area contributed by atoms with E-state index in [2.05, 4.69) is 15.1 Å². The fourth-order valence-corrected chi connectivity index (χ4v) is 2.30. The first-order chi connectivity index (χ1) is 11.0. The number of nitriles is 1. The molecule has 0 bridgehead atoms. The summed E-state index contributed by atoms with van der Waals surface area (Å²) in [5.74, 6) is 0.363. The Kier molecular flexibility index (Phi) is 3.43. The summed E-state index contributed by atoms with van der Waals surface area (Å²) in [6.45, 7) is 3.39. The number of aromatic nitrogens is 4. The molecule has 1 aromatic carbocycles. The van der Waals surface area contributed by atoms with E-state index in [1.807, 2.05) is 36.4 Å². The second kappa shape index (κ2) is 5.42. The zero-order chi connectivity index (χ0) is 16.6. The molecule has 0 amide bonds. The van der Waals surface area contributed by atoms with Crippen LogP contribution in [0.15, 0.2) is 30.3 Å². The largest absolute Gasteiger partial charge is 0.504 e. The minimum Gasteiger partial charge on any atom is -0.504 e. The minimum absolute atomic E-state index is 0.0726. The van der Waals surface area contributed by atoms with Crippen molar-refractivity contribution < 1.29 is 5.11 Å². The van der Waals surface area contributed by atoms with Gasteiger partial charge in [0, 0.05) is 5.56 Å². The van der Waals surface area contributed by atoms with Gasteiger partial charge >= 0.3 is 0 Å². The van der Waals surface area contributed by atoms with E-state index in [-0.39, 0.29) is 23.1 Å². The molecule has 0 saturated heterocycles. The molecule has 0 aliphatic heterocycles. The molecule has 2 aromatic heterocycles. The fraction of sp³-hybridized carbons (Fsp3) is 0.125. The Morgan fingerprint density at radius 1 is 1.17 bits per heavy atom. The van der Waals surface area contributed by atoms with Crippen LogP contribution in [-0.4, -0.2) is 24.9 Å². The van der Waals surface area contributed by atoms with Crippen LogP contribution in [0.2, 0.25) is 0 Å². The van der Waals surface area contributed by atoms with E-state index in [4.69, 9.17) is 5.73 Å². The minimum atomic E-state index is 0.0726. The predicted octanol–water partition coefficient (Wildman–Crippen LogP) is 2.11. The van der Waals surface area contributed by atoms with Crippen LogP contribution in [0.3, 0.4) is 0 Å². The van der Waals surface area contributed by atoms with Crippen LogP contribution in [0.25, 0.3) is 17.2 Å². The van der Waals surface area contributed by atoms with Gasteiger partial charge in [0.25, 0.3) is 5.95 Å². The SMILES string of the molecule is Cc1nn(-c2nc(N)c(C#N)c(-c3ccccc3)n2)c(C)c1O. The average Bonchev–Trinajstić information content (AvgIpc) is 2.82. The van der Waals surface area contributed by atoms with Gasteiger partial charge in [-0.3, -0.25) is 0 Å². The summed E-state index contributed by atoms with van der Waals surface area (Å²) in [5, 5.41) is 23.5. The van der Waals surface area contributed by atoms with Crippen LogP contribution in [0, 0.1) is 25.2 Å². The molecule has 2 heterocycles. The summed E-state index contributed by atoms with van der Waals surface area (Å²) in [4.78, 5) is 8.59. The normalized spacial score (nSPS) is 10.5. The van der Waals surface area contributed by atoms with Crippen molar-refractivity contribution in [2.45, 2.75) is 13.8 Å². The van der Waals surface area contributed by atoms with Gasteiger partial charge in [-0.15, -0.1) is 0 Å². The third-order valence-corrected chi connectivity index (χ3v) is 3.53. The monoisotopic (exact) mass is 306 g/mol. The summed E-state index contributed by atoms with van der Waals surface area (Å²) in [7, 11) is 0. The lowest BCUT2D eigenvalue weighted by molar-refractivity contribution is 0.466. The summed E-state index contributed by atoms with van der Waals surface area (Å²) in [5.41, 5.74) is 8.30. The van der Waals surface area contributed by atoms with E-state index in [1.165, 1.54) is 4.68 Å². The van der Waals surface area contributed by atoms with Crippen molar-refractivity contribution in [3.8, 4) is 29.0 Å². The Morgan fingerprint density at radius 2 is 1.87 bits per heavy atom. The molecule has 0 saturated carbocycles. The maximum atomic E-state index is 9.92. The number of nitrogen functional groups attached to an aromatic ring is 1. The molecular weight excluding hydrogens is 292 g/mol. The molecule has 114 valence electrons. The number of nitrogens with two attached hydrogens (primary N) is 1. The van der Waals surface area contributed by atoms with Gasteiger partial charge in [0.2, 0.25) is 0 Å². The van der Waals surface area contributed by atoms with Crippen LogP contribution < -0.4 is 5.73 Å². The van der Waals surface area contributed by atoms with Gasteiger partial charge in [-0.05, 0) is 13.8 Å². The first-order valence-corrected chi connectivity index (χ1v) is 6.91. The Labute approximate surface area is 132 Å². The third kappa shape index (κ3) is 2.36. The average molecular weight is 306 g/mol. The second-order valence-corrected chi connectivity index (χ2v) is 5.04. The van der Waals surface area contributed by atoms with Crippen LogP contribution in [0.4, 0.5) is 5.82 Å². The summed E-state index contributed by atoms with van der Waals surface area (Å²) in [6.07, 6.45) is 0. The molecule has 0 radical (unpaired) electrons. The fourth-order valence-electron chi connectivity index (χ4n) is 2.30. The van der Waals surface area contributed by atoms with Crippen molar-refractivity contribution in [1.82, 2.24) is 19.7 Å². The Bertz CT molecular complexity index is 924. The number of hydrogen-bond donors (Lipinski definition) is 2. The predicted molar refractivity (Wildman–Crippen MR) is 84.9 cm³/mol. The van der Waals surface area contributed by atoms with Crippen molar-refractivity contribution in [1.29, 1.82) is 5.26 Å². The molecular formula is C16H14N6O. The van der Waals surface area contributed by atoms with Crippen molar-refractivity contribution in [2.24, 2.45) is 0 Å². The highest BCUT2D eigenvalue weighted by Gasteiger charge is 2.18. The van der Waals surface area contributed by atoms with Gasteiger partial charge in [0.05, 0.1) is 11.4 Å². The molecule has 3 rings (SSSR count). The topological polar surface area (TPSA) is 114 Å². The Hall–Kier alpha value is -3.40. The van der Waals surface area contributed by atoms with Gasteiger partial charge in [0.15, 0.2) is 5.75 Å². The lowest BCUT2D eigenvalue weighted by Gasteiger charge is -2.09. The lowest BCUT2D eigenvalue weighted by Crippen LogP contribution is -2.10. The summed E-state index contributed by atoms with van der Waals surface area (Å²) < 4.78 is 1.41. The molecule has 0 atom stereocenters. The molecule has 3 N–H and O–H groups in total. The quantitative estimate of drug-likeness (QED) is 0.749. The smallest absolute Gasteiger partial charge is 0.253 e. The molecule has 0 unspecified atom stereocenters. The van der Waals surface area contributed by atoms with E-state index in [9.17, 15) is 10.4 Å². The molecule has 23 heavy (non-hydrogen) atoms. The number of aromatic hydroxyl groups is 1. The van der Waals surface area contributed by atoms with Crippen LogP contribution in [0.5, 0.6) is 5.75 Å². The third-order valence-electron chi connectivity index (χ3n) is 3.53. The van der Waals surface area contributed by atoms with Crippen molar-refractivity contribution in [3.05, 3.63) is 47.3 Å². The summed E-state index contributed by atoms with van der Waals surface area (Å²) in [6, 6.07) is 11.3. The van der Waals surface area contributed by atoms with Gasteiger partial charge in [0.1, 0.15) is 23.1 Å². The highest BCUT2D eigenvalue weighted by molar-refractivity contribution is 5.72. The number of benzene rings is 1. The van der Waals surface area contributed by atoms with E-state index in [1.54, 1.807) is 13.8 Å². The van der Waals surface area contributed by atoms with E-state index in [0.29, 0.717) is 17.1 Å². The molecule has 7 heteroatoms. The van der Waals surface area contributed by atoms with Crippen LogP contribution in [0.1, 0.15) is 17.0 Å². The molecule has 0 aliphatic carbocycles. The second-order valence-electron chi connectivity index (χ2n) is 5.04. The van der Waals surface area contributed by atoms with Crippen LogP contribution >= 0.6 is 0 Å². The maximum absolute atomic E-state index is 9.92. The van der Waals surface area contributed by atoms with Gasteiger partial charge < -0.3 is 10.8 Å². The highest BCUT2D eigenvalue weighted by atomic mass is 16.3. The number of aryl methyl sites for hydroxylation is 1. The maximum Gasteiger partial charge on any atom is 0.253 e. The first-order valence-electron chi connectivity index (χ1n) is 6.91. The zero-order valence-corrected chi connectivity index (χ0v) is 12.6. The number of nitrogens with zero attached hydrogens (tertiary/aromatic N) is 5. The van der Waals surface area contributed by atoms with Crippen molar-refractivity contribution in [3.63, 3.8) is 0 Å². The van der Waals surface area contributed by atoms with E-state index < -0.39 is 0 Å². The molecule has 3 aromatic rings. The molecule has 0 aliphatic rings. The number of anilines is 1. The molecule has 0 spiro atoms. The Balaban J connectivity index is 2.27. The van der Waals surface area contributed by atoms with Gasteiger partial charge in [-0.25, -0.2) is 4.98 Å². The number of rotatable bonds is 2. The lowest BCUT2D eigenvalue weighted by atomic mass is 10.1. The first kappa shape index (κ1) is 14.5.